The first-order valence-corrected chi connectivity index (χ1v) is 10.0. The molecule has 1 fully saturated rings. The van der Waals surface area contributed by atoms with E-state index < -0.39 is 0 Å². The average Bonchev–Trinajstić information content (AvgIpc) is 2.69. The minimum Gasteiger partial charge on any atom is -0.342 e. The van der Waals surface area contributed by atoms with E-state index in [1.807, 2.05) is 38.1 Å². The van der Waals surface area contributed by atoms with Crippen LogP contribution in [0.15, 0.2) is 24.3 Å². The Morgan fingerprint density at radius 2 is 1.93 bits per heavy atom. The number of anilines is 1. The number of likely N-dealkylation sites (tertiary alicyclic amines) is 1. The van der Waals surface area contributed by atoms with E-state index in [-0.39, 0.29) is 23.8 Å². The highest BCUT2D eigenvalue weighted by molar-refractivity contribution is 5.93. The molecule has 0 radical (unpaired) electrons. The van der Waals surface area contributed by atoms with Crippen LogP contribution in [0.2, 0.25) is 0 Å². The molecule has 154 valence electrons. The zero-order valence-electron chi connectivity index (χ0n) is 17.4. The van der Waals surface area contributed by atoms with Crippen molar-refractivity contribution >= 4 is 23.5 Å². The van der Waals surface area contributed by atoms with Crippen molar-refractivity contribution < 1.29 is 14.4 Å². The van der Waals surface area contributed by atoms with Crippen molar-refractivity contribution in [1.82, 2.24) is 14.7 Å². The predicted octanol–water partition coefficient (Wildman–Crippen LogP) is 2.78. The van der Waals surface area contributed by atoms with Gasteiger partial charge < -0.3 is 20.0 Å². The highest BCUT2D eigenvalue weighted by Gasteiger charge is 2.30. The number of piperidine rings is 1. The lowest BCUT2D eigenvalue weighted by Crippen LogP contribution is -2.49. The van der Waals surface area contributed by atoms with Crippen LogP contribution >= 0.6 is 0 Å². The second-order valence-electron chi connectivity index (χ2n) is 7.30. The molecule has 0 spiro atoms. The van der Waals surface area contributed by atoms with Gasteiger partial charge in [0, 0.05) is 52.4 Å². The highest BCUT2D eigenvalue weighted by Crippen LogP contribution is 2.21. The number of hydrogen-bond acceptors (Lipinski definition) is 3. The molecule has 4 amide bonds. The molecule has 1 aromatic carbocycles. The number of hydrogen-bond donors (Lipinski definition) is 1. The van der Waals surface area contributed by atoms with Gasteiger partial charge in [-0.1, -0.05) is 12.1 Å². The van der Waals surface area contributed by atoms with Crippen LogP contribution in [-0.4, -0.2) is 65.8 Å². The summed E-state index contributed by atoms with van der Waals surface area (Å²) in [5.41, 5.74) is 1.67. The Balaban J connectivity index is 1.98. The van der Waals surface area contributed by atoms with E-state index in [9.17, 15) is 14.4 Å². The van der Waals surface area contributed by atoms with Crippen LogP contribution in [0.3, 0.4) is 0 Å². The number of rotatable bonds is 6. The zero-order chi connectivity index (χ0) is 20.7. The fourth-order valence-electron chi connectivity index (χ4n) is 3.44. The maximum absolute atomic E-state index is 12.8. The minimum atomic E-state index is -0.211. The van der Waals surface area contributed by atoms with Crippen molar-refractivity contribution in [3.05, 3.63) is 29.8 Å². The molecule has 0 aliphatic carbocycles. The van der Waals surface area contributed by atoms with Crippen LogP contribution < -0.4 is 5.32 Å². The van der Waals surface area contributed by atoms with Crippen molar-refractivity contribution in [2.75, 3.05) is 38.5 Å². The number of benzene rings is 1. The molecular weight excluding hydrogens is 356 g/mol. The van der Waals surface area contributed by atoms with Crippen molar-refractivity contribution in [2.24, 2.45) is 5.92 Å². The van der Waals surface area contributed by atoms with Gasteiger partial charge in [0.2, 0.25) is 11.8 Å². The minimum absolute atomic E-state index is 0.00500. The van der Waals surface area contributed by atoms with E-state index in [1.54, 1.807) is 21.7 Å². The molecule has 28 heavy (non-hydrogen) atoms. The molecular formula is C21H32N4O3. The summed E-state index contributed by atoms with van der Waals surface area (Å²) in [7, 11) is 1.75. The van der Waals surface area contributed by atoms with E-state index in [2.05, 4.69) is 5.32 Å². The number of carbonyl (C=O) groups is 3. The van der Waals surface area contributed by atoms with Crippen LogP contribution in [0.1, 0.15) is 39.2 Å². The number of amides is 4. The Bertz CT molecular complexity index is 703. The summed E-state index contributed by atoms with van der Waals surface area (Å²) in [5.74, 6) is -0.277. The predicted molar refractivity (Wildman–Crippen MR) is 110 cm³/mol. The summed E-state index contributed by atoms with van der Waals surface area (Å²) in [4.78, 5) is 42.0. The Morgan fingerprint density at radius 3 is 2.57 bits per heavy atom. The molecule has 1 saturated heterocycles. The summed E-state index contributed by atoms with van der Waals surface area (Å²) in [6, 6.07) is 7.54. The Morgan fingerprint density at radius 1 is 1.21 bits per heavy atom. The summed E-state index contributed by atoms with van der Waals surface area (Å²) in [6.07, 6.45) is 1.61. The van der Waals surface area contributed by atoms with Crippen molar-refractivity contribution in [2.45, 2.75) is 40.2 Å². The fraction of sp³-hybridized carbons (Fsp3) is 0.571. The molecule has 7 heteroatoms. The number of carbonyl (C=O) groups excluding carboxylic acids is 3. The van der Waals surface area contributed by atoms with Crippen LogP contribution in [0.4, 0.5) is 10.5 Å². The molecule has 1 N–H and O–H groups in total. The van der Waals surface area contributed by atoms with Gasteiger partial charge in [-0.05, 0) is 44.4 Å². The normalized spacial score (nSPS) is 16.4. The molecule has 2 rings (SSSR count). The quantitative estimate of drug-likeness (QED) is 0.814. The van der Waals surface area contributed by atoms with Gasteiger partial charge in [-0.2, -0.15) is 0 Å². The lowest BCUT2D eigenvalue weighted by atomic mass is 9.97. The van der Waals surface area contributed by atoms with E-state index in [4.69, 9.17) is 0 Å². The van der Waals surface area contributed by atoms with Crippen LogP contribution in [0.5, 0.6) is 0 Å². The zero-order valence-corrected chi connectivity index (χ0v) is 17.4. The molecule has 0 aromatic heterocycles. The second kappa shape index (κ2) is 10.1. The summed E-state index contributed by atoms with van der Waals surface area (Å²) in [6.45, 7) is 8.45. The van der Waals surface area contributed by atoms with Crippen molar-refractivity contribution in [3.63, 3.8) is 0 Å². The molecule has 1 aliphatic rings. The highest BCUT2D eigenvalue weighted by atomic mass is 16.2. The maximum Gasteiger partial charge on any atom is 0.320 e. The fourth-order valence-corrected chi connectivity index (χ4v) is 3.44. The summed E-state index contributed by atoms with van der Waals surface area (Å²) in [5, 5.41) is 2.98. The lowest BCUT2D eigenvalue weighted by molar-refractivity contribution is -0.128. The molecule has 1 atom stereocenters. The third kappa shape index (κ3) is 5.71. The molecule has 1 aliphatic heterocycles. The van der Waals surface area contributed by atoms with Gasteiger partial charge in [-0.15, -0.1) is 0 Å². The van der Waals surface area contributed by atoms with Crippen LogP contribution in [0, 0.1) is 5.92 Å². The van der Waals surface area contributed by atoms with E-state index in [0.717, 1.165) is 18.4 Å². The third-order valence-electron chi connectivity index (χ3n) is 5.25. The first kappa shape index (κ1) is 21.7. The molecule has 1 aromatic rings. The summed E-state index contributed by atoms with van der Waals surface area (Å²) < 4.78 is 0. The third-order valence-corrected chi connectivity index (χ3v) is 5.25. The monoisotopic (exact) mass is 388 g/mol. The van der Waals surface area contributed by atoms with Gasteiger partial charge in [0.1, 0.15) is 0 Å². The SMILES string of the molecule is CCN(CC)C(=O)N1CCC[C@H](C(=O)Nc2cccc(CN(C)C(C)=O)c2)C1. The Kier molecular flexibility index (Phi) is 7.84. The van der Waals surface area contributed by atoms with Crippen molar-refractivity contribution in [1.29, 1.82) is 0 Å². The number of nitrogens with one attached hydrogen (secondary N) is 1. The van der Waals surface area contributed by atoms with Gasteiger partial charge in [-0.3, -0.25) is 9.59 Å². The standard InChI is InChI=1S/C21H32N4O3/c1-5-24(6-2)21(28)25-12-8-10-18(15-25)20(27)22-19-11-7-9-17(13-19)14-23(4)16(3)26/h7,9,11,13,18H,5-6,8,10,12,14-15H2,1-4H3,(H,22,27)/t18-/m0/s1. The first-order chi connectivity index (χ1) is 13.3. The molecule has 0 unspecified atom stereocenters. The smallest absolute Gasteiger partial charge is 0.320 e. The molecule has 7 nitrogen and oxygen atoms in total. The molecule has 1 heterocycles. The second-order valence-corrected chi connectivity index (χ2v) is 7.30. The van der Waals surface area contributed by atoms with Gasteiger partial charge >= 0.3 is 6.03 Å². The van der Waals surface area contributed by atoms with Crippen LogP contribution in [-0.2, 0) is 16.1 Å². The average molecular weight is 389 g/mol. The molecule has 0 saturated carbocycles. The van der Waals surface area contributed by atoms with E-state index in [1.165, 1.54) is 6.92 Å². The number of urea groups is 1. The van der Waals surface area contributed by atoms with Gasteiger partial charge in [0.25, 0.3) is 0 Å². The van der Waals surface area contributed by atoms with E-state index in [0.29, 0.717) is 38.4 Å². The lowest BCUT2D eigenvalue weighted by Gasteiger charge is -2.35. The number of nitrogens with zero attached hydrogens (tertiary/aromatic N) is 3. The van der Waals surface area contributed by atoms with Crippen LogP contribution in [0.25, 0.3) is 0 Å². The Hall–Kier alpha value is -2.57. The van der Waals surface area contributed by atoms with Gasteiger partial charge in [-0.25, -0.2) is 4.79 Å². The summed E-state index contributed by atoms with van der Waals surface area (Å²) >= 11 is 0. The van der Waals surface area contributed by atoms with Gasteiger partial charge in [0.15, 0.2) is 0 Å². The van der Waals surface area contributed by atoms with Gasteiger partial charge in [0.05, 0.1) is 5.92 Å². The maximum atomic E-state index is 12.8. The topological polar surface area (TPSA) is 73.0 Å². The first-order valence-electron chi connectivity index (χ1n) is 10.0. The largest absolute Gasteiger partial charge is 0.342 e. The Labute approximate surface area is 167 Å². The molecule has 0 bridgehead atoms. The van der Waals surface area contributed by atoms with Crippen molar-refractivity contribution in [3.8, 4) is 0 Å². The van der Waals surface area contributed by atoms with E-state index >= 15 is 0 Å².